The third-order valence-electron chi connectivity index (χ3n) is 4.14. The SMILES string of the molecule is CCCC1(Cn2c(CCl)nc3ccc(Cl)cc32)CC1. The van der Waals surface area contributed by atoms with Gasteiger partial charge < -0.3 is 4.57 Å². The summed E-state index contributed by atoms with van der Waals surface area (Å²) in [4.78, 5) is 4.62. The highest BCUT2D eigenvalue weighted by molar-refractivity contribution is 6.31. The Bertz CT molecular complexity index is 599. The number of hydrogen-bond donors (Lipinski definition) is 0. The summed E-state index contributed by atoms with van der Waals surface area (Å²) in [6.45, 7) is 3.28. The van der Waals surface area contributed by atoms with Crippen LogP contribution in [0.2, 0.25) is 5.02 Å². The van der Waals surface area contributed by atoms with E-state index in [0.29, 0.717) is 11.3 Å². The van der Waals surface area contributed by atoms with Crippen LogP contribution >= 0.6 is 23.2 Å². The van der Waals surface area contributed by atoms with Gasteiger partial charge in [-0.25, -0.2) is 4.98 Å². The molecule has 0 unspecified atom stereocenters. The van der Waals surface area contributed by atoms with Crippen molar-refractivity contribution in [3.63, 3.8) is 0 Å². The van der Waals surface area contributed by atoms with E-state index in [1.807, 2.05) is 18.2 Å². The van der Waals surface area contributed by atoms with Crippen LogP contribution < -0.4 is 0 Å². The van der Waals surface area contributed by atoms with Gasteiger partial charge in [0.2, 0.25) is 0 Å². The first-order valence-corrected chi connectivity index (χ1v) is 7.79. The standard InChI is InChI=1S/C15H18Cl2N2/c1-2-5-15(6-7-15)10-19-13-8-11(17)3-4-12(13)18-14(19)9-16/h3-4,8H,2,5-7,9-10H2,1H3. The Kier molecular flexibility index (Phi) is 3.48. The maximum atomic E-state index is 6.12. The molecule has 3 rings (SSSR count). The first-order valence-electron chi connectivity index (χ1n) is 6.88. The second-order valence-corrected chi connectivity index (χ2v) is 6.33. The largest absolute Gasteiger partial charge is 0.326 e. The number of rotatable bonds is 5. The van der Waals surface area contributed by atoms with Gasteiger partial charge in [0.05, 0.1) is 16.9 Å². The summed E-state index contributed by atoms with van der Waals surface area (Å²) in [6, 6.07) is 5.86. The fourth-order valence-corrected chi connectivity index (χ4v) is 3.32. The Morgan fingerprint density at radius 3 is 2.79 bits per heavy atom. The summed E-state index contributed by atoms with van der Waals surface area (Å²) in [7, 11) is 0. The van der Waals surface area contributed by atoms with Gasteiger partial charge in [-0.15, -0.1) is 11.6 Å². The molecule has 1 aromatic carbocycles. The molecule has 0 radical (unpaired) electrons. The lowest BCUT2D eigenvalue weighted by molar-refractivity contribution is 0.389. The molecule has 1 heterocycles. The fraction of sp³-hybridized carbons (Fsp3) is 0.533. The van der Waals surface area contributed by atoms with Crippen LogP contribution in [0, 0.1) is 5.41 Å². The molecule has 1 aliphatic rings. The molecule has 1 saturated carbocycles. The number of imidazole rings is 1. The summed E-state index contributed by atoms with van der Waals surface area (Å²) in [5.41, 5.74) is 2.59. The predicted molar refractivity (Wildman–Crippen MR) is 80.9 cm³/mol. The topological polar surface area (TPSA) is 17.8 Å². The number of halogens is 2. The molecule has 1 fully saturated rings. The zero-order valence-electron chi connectivity index (χ0n) is 11.1. The molecule has 102 valence electrons. The van der Waals surface area contributed by atoms with Crippen LogP contribution in [0.25, 0.3) is 11.0 Å². The van der Waals surface area contributed by atoms with Crippen LogP contribution in [0.1, 0.15) is 38.4 Å². The monoisotopic (exact) mass is 296 g/mol. The first kappa shape index (κ1) is 13.3. The van der Waals surface area contributed by atoms with Crippen molar-refractivity contribution in [2.45, 2.75) is 45.0 Å². The van der Waals surface area contributed by atoms with E-state index in [4.69, 9.17) is 23.2 Å². The maximum Gasteiger partial charge on any atom is 0.124 e. The van der Waals surface area contributed by atoms with Crippen molar-refractivity contribution in [3.8, 4) is 0 Å². The van der Waals surface area contributed by atoms with Gasteiger partial charge in [-0.1, -0.05) is 24.9 Å². The average molecular weight is 297 g/mol. The molecule has 0 bridgehead atoms. The van der Waals surface area contributed by atoms with Crippen molar-refractivity contribution in [3.05, 3.63) is 29.0 Å². The van der Waals surface area contributed by atoms with Crippen LogP contribution in [0.4, 0.5) is 0 Å². The van der Waals surface area contributed by atoms with E-state index in [-0.39, 0.29) is 0 Å². The van der Waals surface area contributed by atoms with E-state index in [1.165, 1.54) is 25.7 Å². The van der Waals surface area contributed by atoms with Crippen molar-refractivity contribution in [1.82, 2.24) is 9.55 Å². The lowest BCUT2D eigenvalue weighted by Gasteiger charge is -2.17. The Morgan fingerprint density at radius 1 is 1.37 bits per heavy atom. The minimum atomic E-state index is 0.453. The highest BCUT2D eigenvalue weighted by atomic mass is 35.5. The van der Waals surface area contributed by atoms with Gasteiger partial charge in [-0.3, -0.25) is 0 Å². The zero-order valence-corrected chi connectivity index (χ0v) is 12.6. The van der Waals surface area contributed by atoms with Crippen molar-refractivity contribution in [1.29, 1.82) is 0 Å². The smallest absolute Gasteiger partial charge is 0.124 e. The Balaban J connectivity index is 2.03. The molecule has 2 aromatic rings. The van der Waals surface area contributed by atoms with Crippen molar-refractivity contribution in [2.24, 2.45) is 5.41 Å². The van der Waals surface area contributed by atoms with Gasteiger partial charge in [0.25, 0.3) is 0 Å². The minimum Gasteiger partial charge on any atom is -0.326 e. The van der Waals surface area contributed by atoms with Crippen molar-refractivity contribution in [2.75, 3.05) is 0 Å². The fourth-order valence-electron chi connectivity index (χ4n) is 2.95. The molecular formula is C15H18Cl2N2. The van der Waals surface area contributed by atoms with Crippen LogP contribution in [0.15, 0.2) is 18.2 Å². The number of alkyl halides is 1. The number of hydrogen-bond acceptors (Lipinski definition) is 1. The van der Waals surface area contributed by atoms with Gasteiger partial charge in [0.1, 0.15) is 5.82 Å². The quantitative estimate of drug-likeness (QED) is 0.709. The van der Waals surface area contributed by atoms with Gasteiger partial charge in [-0.2, -0.15) is 0 Å². The van der Waals surface area contributed by atoms with Crippen molar-refractivity contribution >= 4 is 34.2 Å². The second-order valence-electron chi connectivity index (χ2n) is 5.63. The highest BCUT2D eigenvalue weighted by Crippen LogP contribution is 2.51. The predicted octanol–water partition coefficient (Wildman–Crippen LogP) is 5.01. The third-order valence-corrected chi connectivity index (χ3v) is 4.61. The van der Waals surface area contributed by atoms with Gasteiger partial charge in [-0.05, 0) is 42.9 Å². The molecule has 0 aliphatic heterocycles. The summed E-state index contributed by atoms with van der Waals surface area (Å²) in [5, 5.41) is 0.759. The molecular weight excluding hydrogens is 279 g/mol. The molecule has 0 spiro atoms. The van der Waals surface area contributed by atoms with Crippen molar-refractivity contribution < 1.29 is 0 Å². The number of benzene rings is 1. The molecule has 1 aliphatic carbocycles. The summed E-state index contributed by atoms with van der Waals surface area (Å²) >= 11 is 12.2. The summed E-state index contributed by atoms with van der Waals surface area (Å²) < 4.78 is 2.27. The normalized spacial score (nSPS) is 17.0. The lowest BCUT2D eigenvalue weighted by atomic mass is 10.0. The Morgan fingerprint density at radius 2 is 2.16 bits per heavy atom. The minimum absolute atomic E-state index is 0.453. The van der Waals surface area contributed by atoms with E-state index in [1.54, 1.807) is 0 Å². The average Bonchev–Trinajstić information content (AvgIpc) is 3.07. The lowest BCUT2D eigenvalue weighted by Crippen LogP contribution is -2.13. The number of nitrogens with zero attached hydrogens (tertiary/aromatic N) is 2. The second kappa shape index (κ2) is 4.99. The van der Waals surface area contributed by atoms with Crippen LogP contribution in [-0.2, 0) is 12.4 Å². The first-order chi connectivity index (χ1) is 9.17. The van der Waals surface area contributed by atoms with E-state index >= 15 is 0 Å². The molecule has 2 nitrogen and oxygen atoms in total. The summed E-state index contributed by atoms with van der Waals surface area (Å²) in [5.74, 6) is 1.41. The third kappa shape index (κ3) is 2.48. The molecule has 0 atom stereocenters. The zero-order chi connectivity index (χ0) is 13.5. The van der Waals surface area contributed by atoms with E-state index in [2.05, 4.69) is 16.5 Å². The summed E-state index contributed by atoms with van der Waals surface area (Å²) in [6.07, 6.45) is 5.17. The van der Waals surface area contributed by atoms with Crippen LogP contribution in [0.3, 0.4) is 0 Å². The van der Waals surface area contributed by atoms with E-state index in [9.17, 15) is 0 Å². The molecule has 19 heavy (non-hydrogen) atoms. The van der Waals surface area contributed by atoms with Gasteiger partial charge in [0, 0.05) is 11.6 Å². The van der Waals surface area contributed by atoms with Gasteiger partial charge >= 0.3 is 0 Å². The molecule has 4 heteroatoms. The molecule has 0 saturated heterocycles. The Labute approximate surface area is 123 Å². The van der Waals surface area contributed by atoms with Crippen LogP contribution in [0.5, 0.6) is 0 Å². The van der Waals surface area contributed by atoms with Crippen LogP contribution in [-0.4, -0.2) is 9.55 Å². The highest BCUT2D eigenvalue weighted by Gasteiger charge is 2.42. The number of aromatic nitrogens is 2. The van der Waals surface area contributed by atoms with E-state index in [0.717, 1.165) is 28.4 Å². The molecule has 0 N–H and O–H groups in total. The Hall–Kier alpha value is -0.730. The molecule has 1 aromatic heterocycles. The van der Waals surface area contributed by atoms with Gasteiger partial charge in [0.15, 0.2) is 0 Å². The molecule has 0 amide bonds. The van der Waals surface area contributed by atoms with E-state index < -0.39 is 0 Å². The maximum absolute atomic E-state index is 6.12. The number of fused-ring (bicyclic) bond motifs is 1.